The Labute approximate surface area is 98.2 Å². The van der Waals surface area contributed by atoms with E-state index in [4.69, 9.17) is 15.2 Å². The Balaban J connectivity index is 3.51. The van der Waals surface area contributed by atoms with Crippen LogP contribution in [0.15, 0.2) is 0 Å². The van der Waals surface area contributed by atoms with Crippen molar-refractivity contribution in [3.8, 4) is 0 Å². The van der Waals surface area contributed by atoms with Crippen LogP contribution in [-0.2, 0) is 19.3 Å². The first kappa shape index (κ1) is 15.8. The highest BCUT2D eigenvalue weighted by atomic mass is 32.2. The molecule has 0 rings (SSSR count). The lowest BCUT2D eigenvalue weighted by molar-refractivity contribution is 0.112. The predicted molar refractivity (Wildman–Crippen MR) is 64.2 cm³/mol. The lowest BCUT2D eigenvalue weighted by Crippen LogP contribution is -2.23. The van der Waals surface area contributed by atoms with E-state index < -0.39 is 9.84 Å². The van der Waals surface area contributed by atoms with Crippen molar-refractivity contribution in [2.24, 2.45) is 5.73 Å². The first-order valence-electron chi connectivity index (χ1n) is 5.50. The number of hydrogen-bond acceptors (Lipinski definition) is 5. The van der Waals surface area contributed by atoms with Crippen molar-refractivity contribution < 1.29 is 17.9 Å². The van der Waals surface area contributed by atoms with Crippen molar-refractivity contribution >= 4 is 9.84 Å². The SMILES string of the molecule is COCCCOCCS(=O)(=O)CCC(C)N. The molecule has 1 unspecified atom stereocenters. The van der Waals surface area contributed by atoms with Gasteiger partial charge in [-0.1, -0.05) is 0 Å². The Morgan fingerprint density at radius 3 is 2.44 bits per heavy atom. The summed E-state index contributed by atoms with van der Waals surface area (Å²) in [6, 6.07) is -0.0719. The summed E-state index contributed by atoms with van der Waals surface area (Å²) in [5, 5.41) is 0. The number of nitrogens with two attached hydrogens (primary N) is 1. The van der Waals surface area contributed by atoms with Gasteiger partial charge in [0.25, 0.3) is 0 Å². The molecule has 0 aliphatic rings. The van der Waals surface area contributed by atoms with E-state index >= 15 is 0 Å². The molecule has 2 N–H and O–H groups in total. The van der Waals surface area contributed by atoms with Crippen LogP contribution >= 0.6 is 0 Å². The highest BCUT2D eigenvalue weighted by Crippen LogP contribution is 1.97. The molecule has 0 bridgehead atoms. The molecular formula is C10H23NO4S. The van der Waals surface area contributed by atoms with Gasteiger partial charge in [-0.2, -0.15) is 0 Å². The van der Waals surface area contributed by atoms with E-state index in [1.54, 1.807) is 14.0 Å². The summed E-state index contributed by atoms with van der Waals surface area (Å²) in [7, 11) is -1.38. The quantitative estimate of drug-likeness (QED) is 0.562. The van der Waals surface area contributed by atoms with E-state index in [1.807, 2.05) is 0 Å². The van der Waals surface area contributed by atoms with E-state index in [1.165, 1.54) is 0 Å². The summed E-state index contributed by atoms with van der Waals surface area (Å²) >= 11 is 0. The molecule has 16 heavy (non-hydrogen) atoms. The largest absolute Gasteiger partial charge is 0.385 e. The number of ether oxygens (including phenoxy) is 2. The van der Waals surface area contributed by atoms with Crippen molar-refractivity contribution in [3.05, 3.63) is 0 Å². The third-order valence-electron chi connectivity index (χ3n) is 2.06. The molecule has 0 spiro atoms. The van der Waals surface area contributed by atoms with Crippen LogP contribution in [0.5, 0.6) is 0 Å². The molecule has 0 aliphatic carbocycles. The van der Waals surface area contributed by atoms with Crippen LogP contribution in [0.3, 0.4) is 0 Å². The second-order valence-electron chi connectivity index (χ2n) is 3.88. The molecule has 0 aromatic rings. The third kappa shape index (κ3) is 10.4. The average Bonchev–Trinajstić information content (AvgIpc) is 2.21. The van der Waals surface area contributed by atoms with E-state index in [2.05, 4.69) is 0 Å². The van der Waals surface area contributed by atoms with Crippen molar-refractivity contribution in [1.82, 2.24) is 0 Å². The molecule has 1 atom stereocenters. The zero-order valence-corrected chi connectivity index (χ0v) is 11.0. The third-order valence-corrected chi connectivity index (χ3v) is 3.71. The van der Waals surface area contributed by atoms with Gasteiger partial charge in [0.05, 0.1) is 18.1 Å². The van der Waals surface area contributed by atoms with Gasteiger partial charge in [-0.15, -0.1) is 0 Å². The fourth-order valence-corrected chi connectivity index (χ4v) is 2.37. The summed E-state index contributed by atoms with van der Waals surface area (Å²) < 4.78 is 33.0. The number of methoxy groups -OCH3 is 1. The number of hydrogen-bond donors (Lipinski definition) is 1. The second-order valence-corrected chi connectivity index (χ2v) is 6.18. The fraction of sp³-hybridized carbons (Fsp3) is 1.00. The highest BCUT2D eigenvalue weighted by molar-refractivity contribution is 7.91. The van der Waals surface area contributed by atoms with Gasteiger partial charge in [0.15, 0.2) is 9.84 Å². The summed E-state index contributed by atoms with van der Waals surface area (Å²) in [4.78, 5) is 0. The zero-order chi connectivity index (χ0) is 12.4. The minimum Gasteiger partial charge on any atom is -0.385 e. The zero-order valence-electron chi connectivity index (χ0n) is 10.1. The normalized spacial score (nSPS) is 13.9. The molecule has 0 heterocycles. The summed E-state index contributed by atoms with van der Waals surface area (Å²) in [5.41, 5.74) is 5.50. The maximum absolute atomic E-state index is 11.5. The Morgan fingerprint density at radius 1 is 1.19 bits per heavy atom. The van der Waals surface area contributed by atoms with E-state index in [-0.39, 0.29) is 24.2 Å². The highest BCUT2D eigenvalue weighted by Gasteiger charge is 2.11. The van der Waals surface area contributed by atoms with Gasteiger partial charge in [-0.3, -0.25) is 0 Å². The number of rotatable bonds is 10. The van der Waals surface area contributed by atoms with Crippen LogP contribution in [0.1, 0.15) is 19.8 Å². The van der Waals surface area contributed by atoms with Crippen molar-refractivity contribution in [3.63, 3.8) is 0 Å². The molecule has 0 fully saturated rings. The van der Waals surface area contributed by atoms with Gasteiger partial charge < -0.3 is 15.2 Å². The van der Waals surface area contributed by atoms with E-state index in [0.29, 0.717) is 19.6 Å². The van der Waals surface area contributed by atoms with Crippen LogP contribution in [-0.4, -0.2) is 52.9 Å². The van der Waals surface area contributed by atoms with Gasteiger partial charge in [0, 0.05) is 26.4 Å². The monoisotopic (exact) mass is 253 g/mol. The molecule has 0 radical (unpaired) electrons. The summed E-state index contributed by atoms with van der Waals surface area (Å²) in [6.07, 6.45) is 1.29. The lowest BCUT2D eigenvalue weighted by Gasteiger charge is -2.07. The molecule has 0 amide bonds. The Kier molecular flexibility index (Phi) is 8.83. The summed E-state index contributed by atoms with van der Waals surface area (Å²) in [6.45, 7) is 3.23. The van der Waals surface area contributed by atoms with Crippen LogP contribution in [0.4, 0.5) is 0 Å². The fourth-order valence-electron chi connectivity index (χ4n) is 1.06. The van der Waals surface area contributed by atoms with Gasteiger partial charge in [0.1, 0.15) is 0 Å². The van der Waals surface area contributed by atoms with Crippen LogP contribution < -0.4 is 5.73 Å². The first-order valence-corrected chi connectivity index (χ1v) is 7.33. The summed E-state index contributed by atoms with van der Waals surface area (Å²) in [5.74, 6) is 0.221. The molecule has 6 heteroatoms. The van der Waals surface area contributed by atoms with Gasteiger partial charge >= 0.3 is 0 Å². The molecule has 0 saturated carbocycles. The van der Waals surface area contributed by atoms with Crippen molar-refractivity contribution in [2.45, 2.75) is 25.8 Å². The predicted octanol–water partition coefficient (Wildman–Crippen LogP) is 0.192. The van der Waals surface area contributed by atoms with Crippen LogP contribution in [0.25, 0.3) is 0 Å². The van der Waals surface area contributed by atoms with Gasteiger partial charge in [-0.05, 0) is 19.8 Å². The number of sulfone groups is 1. The first-order chi connectivity index (χ1) is 7.48. The molecule has 0 aromatic carbocycles. The van der Waals surface area contributed by atoms with E-state index in [0.717, 1.165) is 6.42 Å². The molecule has 0 aliphatic heterocycles. The second kappa shape index (κ2) is 8.92. The minimum absolute atomic E-state index is 0.0719. The van der Waals surface area contributed by atoms with Crippen molar-refractivity contribution in [2.75, 3.05) is 38.4 Å². The Hall–Kier alpha value is -0.170. The topological polar surface area (TPSA) is 78.6 Å². The molecule has 0 aromatic heterocycles. The minimum atomic E-state index is -3.01. The Bertz CT molecular complexity index is 252. The van der Waals surface area contributed by atoms with Gasteiger partial charge in [-0.25, -0.2) is 8.42 Å². The lowest BCUT2D eigenvalue weighted by atomic mass is 10.3. The maximum atomic E-state index is 11.5. The molecule has 5 nitrogen and oxygen atoms in total. The van der Waals surface area contributed by atoms with Crippen molar-refractivity contribution in [1.29, 1.82) is 0 Å². The Morgan fingerprint density at radius 2 is 1.88 bits per heavy atom. The molecule has 98 valence electrons. The van der Waals surface area contributed by atoms with Gasteiger partial charge in [0.2, 0.25) is 0 Å². The molecule has 0 saturated heterocycles. The van der Waals surface area contributed by atoms with E-state index in [9.17, 15) is 8.42 Å². The van der Waals surface area contributed by atoms with Crippen LogP contribution in [0, 0.1) is 0 Å². The standard InChI is InChI=1S/C10H23NO4S/c1-10(11)4-8-16(12,13)9-7-15-6-3-5-14-2/h10H,3-9,11H2,1-2H3. The van der Waals surface area contributed by atoms with Crippen LogP contribution in [0.2, 0.25) is 0 Å². The average molecular weight is 253 g/mol. The smallest absolute Gasteiger partial charge is 0.152 e. The molecular weight excluding hydrogens is 230 g/mol. The maximum Gasteiger partial charge on any atom is 0.152 e.